The second-order valence-electron chi connectivity index (χ2n) is 11.5. The van der Waals surface area contributed by atoms with Crippen molar-refractivity contribution in [3.05, 3.63) is 89.0 Å². The van der Waals surface area contributed by atoms with Crippen LogP contribution in [0.5, 0.6) is 0 Å². The van der Waals surface area contributed by atoms with Crippen LogP contribution in [0.4, 0.5) is 14.5 Å². The van der Waals surface area contributed by atoms with E-state index in [2.05, 4.69) is 37.1 Å². The molecule has 9 heteroatoms. The molecule has 5 rings (SSSR count). The molecule has 1 N–H and O–H groups in total. The highest BCUT2D eigenvalue weighted by atomic mass is 19.2. The molecule has 39 heavy (non-hydrogen) atoms. The smallest absolute Gasteiger partial charge is 0.159 e. The van der Waals surface area contributed by atoms with Crippen LogP contribution in [0.3, 0.4) is 0 Å². The van der Waals surface area contributed by atoms with Gasteiger partial charge < -0.3 is 14.8 Å². The first-order valence-corrected chi connectivity index (χ1v) is 13.3. The van der Waals surface area contributed by atoms with E-state index in [4.69, 9.17) is 4.84 Å². The Bertz CT molecular complexity index is 1340. The van der Waals surface area contributed by atoms with Gasteiger partial charge in [0.15, 0.2) is 11.6 Å². The molecule has 0 radical (unpaired) electrons. The standard InChI is InChI=1S/C30H35F2N5O2/c1-21-14-24(8-11-33-21)37-13-10-30(19-37)9-12-36(18-30)17-22-4-7-27(34-16-22)28(35-39-20-29(2,3)38)23-5-6-25(31)26(32)15-23/h4-8,11,14-16,38H,9-10,12-13,17-20H2,1-3H3/b35-28+/t30-/m0/s1. The predicted octanol–water partition coefficient (Wildman–Crippen LogP) is 4.71. The lowest BCUT2D eigenvalue weighted by Gasteiger charge is -2.26. The molecule has 2 aliphatic rings. The summed E-state index contributed by atoms with van der Waals surface area (Å²) in [5.74, 6) is -1.92. The first-order valence-electron chi connectivity index (χ1n) is 13.3. The third kappa shape index (κ3) is 6.59. The average molecular weight is 536 g/mol. The fourth-order valence-electron chi connectivity index (χ4n) is 5.44. The molecular weight excluding hydrogens is 500 g/mol. The maximum Gasteiger partial charge on any atom is 0.159 e. The third-order valence-corrected chi connectivity index (χ3v) is 7.44. The van der Waals surface area contributed by atoms with E-state index in [1.54, 1.807) is 20.0 Å². The van der Waals surface area contributed by atoms with Gasteiger partial charge in [-0.2, -0.15) is 0 Å². The summed E-state index contributed by atoms with van der Waals surface area (Å²) >= 11 is 0. The molecule has 0 amide bonds. The summed E-state index contributed by atoms with van der Waals surface area (Å²) in [5.41, 5.74) is 3.63. The van der Waals surface area contributed by atoms with Gasteiger partial charge in [-0.3, -0.25) is 14.9 Å². The molecular formula is C30H35F2N5O2. The number of halogens is 2. The molecule has 0 unspecified atom stereocenters. The maximum atomic E-state index is 14.0. The van der Waals surface area contributed by atoms with Crippen LogP contribution < -0.4 is 4.90 Å². The lowest BCUT2D eigenvalue weighted by atomic mass is 9.86. The third-order valence-electron chi connectivity index (χ3n) is 7.44. The number of aromatic nitrogens is 2. The fraction of sp³-hybridized carbons (Fsp3) is 0.433. The lowest BCUT2D eigenvalue weighted by Crippen LogP contribution is -2.30. The zero-order valence-corrected chi connectivity index (χ0v) is 22.7. The van der Waals surface area contributed by atoms with Gasteiger partial charge in [0.2, 0.25) is 0 Å². The number of aliphatic hydroxyl groups is 1. The largest absolute Gasteiger partial charge is 0.392 e. The van der Waals surface area contributed by atoms with E-state index in [1.807, 2.05) is 25.3 Å². The molecule has 2 aromatic heterocycles. The number of rotatable bonds is 8. The normalized spacial score (nSPS) is 20.3. The Morgan fingerprint density at radius 1 is 1.05 bits per heavy atom. The van der Waals surface area contributed by atoms with Crippen molar-refractivity contribution in [2.75, 3.05) is 37.7 Å². The number of hydrogen-bond donors (Lipinski definition) is 1. The molecule has 1 aromatic carbocycles. The summed E-state index contributed by atoms with van der Waals surface area (Å²) < 4.78 is 27.5. The van der Waals surface area contributed by atoms with E-state index in [9.17, 15) is 13.9 Å². The summed E-state index contributed by atoms with van der Waals surface area (Å²) in [4.78, 5) is 19.2. The van der Waals surface area contributed by atoms with E-state index in [0.717, 1.165) is 56.1 Å². The van der Waals surface area contributed by atoms with Crippen molar-refractivity contribution in [3.63, 3.8) is 0 Å². The van der Waals surface area contributed by atoms with E-state index in [0.29, 0.717) is 16.7 Å². The second kappa shape index (κ2) is 11.0. The minimum Gasteiger partial charge on any atom is -0.392 e. The van der Waals surface area contributed by atoms with E-state index >= 15 is 0 Å². The number of benzene rings is 1. The van der Waals surface area contributed by atoms with Crippen molar-refractivity contribution >= 4 is 11.4 Å². The van der Waals surface area contributed by atoms with Gasteiger partial charge in [0.25, 0.3) is 0 Å². The summed E-state index contributed by atoms with van der Waals surface area (Å²) in [7, 11) is 0. The van der Waals surface area contributed by atoms with Crippen molar-refractivity contribution in [1.29, 1.82) is 0 Å². The van der Waals surface area contributed by atoms with Gasteiger partial charge >= 0.3 is 0 Å². The topological polar surface area (TPSA) is 74.1 Å². The molecule has 0 aliphatic carbocycles. The van der Waals surface area contributed by atoms with Crippen molar-refractivity contribution in [2.45, 2.75) is 45.8 Å². The van der Waals surface area contributed by atoms with Crippen molar-refractivity contribution < 1.29 is 18.7 Å². The van der Waals surface area contributed by atoms with Gasteiger partial charge in [-0.15, -0.1) is 0 Å². The van der Waals surface area contributed by atoms with Crippen molar-refractivity contribution in [3.8, 4) is 0 Å². The van der Waals surface area contributed by atoms with Gasteiger partial charge in [0.1, 0.15) is 12.3 Å². The number of oxime groups is 1. The number of nitrogens with zero attached hydrogens (tertiary/aromatic N) is 5. The minimum absolute atomic E-state index is 0.0623. The average Bonchev–Trinajstić information content (AvgIpc) is 3.50. The van der Waals surface area contributed by atoms with Crippen LogP contribution in [0.25, 0.3) is 0 Å². The SMILES string of the molecule is Cc1cc(N2CC[C@]3(CCN(Cc4ccc(/C(=N/OCC(C)(C)O)c5ccc(F)c(F)c5)nc4)C3)C2)ccn1. The predicted molar refractivity (Wildman–Crippen MR) is 147 cm³/mol. The molecule has 1 atom stereocenters. The monoisotopic (exact) mass is 535 g/mol. The zero-order valence-electron chi connectivity index (χ0n) is 22.7. The highest BCUT2D eigenvalue weighted by molar-refractivity contribution is 6.11. The molecule has 206 valence electrons. The number of aryl methyl sites for hydroxylation is 1. The Labute approximate surface area is 228 Å². The molecule has 1 spiro atoms. The molecule has 3 aromatic rings. The van der Waals surface area contributed by atoms with Crippen LogP contribution in [0.1, 0.15) is 49.2 Å². The summed E-state index contributed by atoms with van der Waals surface area (Å²) in [6.45, 7) is 10.2. The highest BCUT2D eigenvalue weighted by Crippen LogP contribution is 2.41. The lowest BCUT2D eigenvalue weighted by molar-refractivity contribution is -0.0189. The van der Waals surface area contributed by atoms with Gasteiger partial charge in [-0.25, -0.2) is 8.78 Å². The van der Waals surface area contributed by atoms with Crippen molar-refractivity contribution in [2.24, 2.45) is 10.6 Å². The number of anilines is 1. The molecule has 4 heterocycles. The molecule has 0 saturated carbocycles. The van der Waals surface area contributed by atoms with Gasteiger partial charge in [0.05, 0.1) is 11.3 Å². The number of pyridine rings is 2. The van der Waals surface area contributed by atoms with E-state index in [1.165, 1.54) is 24.6 Å². The van der Waals surface area contributed by atoms with E-state index < -0.39 is 17.2 Å². The Morgan fingerprint density at radius 3 is 2.59 bits per heavy atom. The highest BCUT2D eigenvalue weighted by Gasteiger charge is 2.43. The minimum atomic E-state index is -1.10. The van der Waals surface area contributed by atoms with E-state index in [-0.39, 0.29) is 12.3 Å². The zero-order chi connectivity index (χ0) is 27.6. The number of hydrogen-bond acceptors (Lipinski definition) is 7. The molecule has 0 bridgehead atoms. The van der Waals surface area contributed by atoms with Crippen LogP contribution in [0, 0.1) is 24.0 Å². The van der Waals surface area contributed by atoms with Crippen molar-refractivity contribution in [1.82, 2.24) is 14.9 Å². The Morgan fingerprint density at radius 2 is 1.87 bits per heavy atom. The summed E-state index contributed by atoms with van der Waals surface area (Å²) in [5, 5.41) is 14.1. The molecule has 2 aliphatic heterocycles. The first kappa shape index (κ1) is 27.1. The maximum absolute atomic E-state index is 14.0. The van der Waals surface area contributed by atoms with Gasteiger partial charge in [0, 0.05) is 60.9 Å². The fourth-order valence-corrected chi connectivity index (χ4v) is 5.44. The quantitative estimate of drug-likeness (QED) is 0.333. The molecule has 2 saturated heterocycles. The Hall–Kier alpha value is -3.43. The Balaban J connectivity index is 1.26. The Kier molecular flexibility index (Phi) is 7.64. The summed E-state index contributed by atoms with van der Waals surface area (Å²) in [6, 6.07) is 11.6. The van der Waals surface area contributed by atoms with Crippen LogP contribution >= 0.6 is 0 Å². The van der Waals surface area contributed by atoms with Crippen LogP contribution in [0.15, 0.2) is 60.0 Å². The molecule has 2 fully saturated rings. The van der Waals surface area contributed by atoms with Crippen LogP contribution in [0.2, 0.25) is 0 Å². The first-order chi connectivity index (χ1) is 18.6. The van der Waals surface area contributed by atoms with Crippen LogP contribution in [-0.4, -0.2) is 64.1 Å². The summed E-state index contributed by atoms with van der Waals surface area (Å²) in [6.07, 6.45) is 6.03. The molecule has 7 nitrogen and oxygen atoms in total. The van der Waals surface area contributed by atoms with Gasteiger partial charge in [-0.1, -0.05) is 11.2 Å². The van der Waals surface area contributed by atoms with Crippen LogP contribution in [-0.2, 0) is 11.4 Å². The second-order valence-corrected chi connectivity index (χ2v) is 11.5. The number of likely N-dealkylation sites (tertiary alicyclic amines) is 1. The van der Waals surface area contributed by atoms with Gasteiger partial charge in [-0.05, 0) is 82.1 Å².